The molecule has 0 aliphatic rings. The second-order valence-electron chi connectivity index (χ2n) is 3.23. The van der Waals surface area contributed by atoms with Gasteiger partial charge in [-0.15, -0.1) is 23.4 Å². The van der Waals surface area contributed by atoms with Crippen LogP contribution < -0.4 is 0 Å². The van der Waals surface area contributed by atoms with E-state index in [1.807, 2.05) is 24.3 Å². The lowest BCUT2D eigenvalue weighted by atomic mass is 10.4. The van der Waals surface area contributed by atoms with Crippen LogP contribution in [0.5, 0.6) is 0 Å². The summed E-state index contributed by atoms with van der Waals surface area (Å²) in [5.74, 6) is 2.19. The van der Waals surface area contributed by atoms with Crippen LogP contribution in [0.25, 0.3) is 0 Å². The molecule has 2 aromatic rings. The van der Waals surface area contributed by atoms with E-state index in [1.54, 1.807) is 18.0 Å². The number of hydrogen-bond acceptors (Lipinski definition) is 2. The molecule has 0 amide bonds. The fourth-order valence-electron chi connectivity index (χ4n) is 1.26. The summed E-state index contributed by atoms with van der Waals surface area (Å²) in [5, 5.41) is 0.755. The van der Waals surface area contributed by atoms with Crippen molar-refractivity contribution in [1.82, 2.24) is 9.97 Å². The Labute approximate surface area is 108 Å². The van der Waals surface area contributed by atoms with Gasteiger partial charge < -0.3 is 4.98 Å². The highest BCUT2D eigenvalue weighted by atomic mass is 35.5. The Kier molecular flexibility index (Phi) is 4.16. The molecule has 0 saturated heterocycles. The van der Waals surface area contributed by atoms with E-state index in [0.717, 1.165) is 27.2 Å². The molecule has 2 nitrogen and oxygen atoms in total. The van der Waals surface area contributed by atoms with Crippen molar-refractivity contribution in [3.8, 4) is 0 Å². The second-order valence-corrected chi connectivity index (χ2v) is 4.99. The van der Waals surface area contributed by atoms with Crippen molar-refractivity contribution >= 4 is 35.0 Å². The van der Waals surface area contributed by atoms with Gasteiger partial charge in [-0.1, -0.05) is 17.7 Å². The summed E-state index contributed by atoms with van der Waals surface area (Å²) < 4.78 is 0. The van der Waals surface area contributed by atoms with Crippen LogP contribution in [0, 0.1) is 0 Å². The van der Waals surface area contributed by atoms with E-state index in [4.69, 9.17) is 23.2 Å². The van der Waals surface area contributed by atoms with Gasteiger partial charge in [0.25, 0.3) is 0 Å². The molecule has 0 spiro atoms. The molecule has 0 aliphatic carbocycles. The summed E-state index contributed by atoms with van der Waals surface area (Å²) in [6.45, 7) is 0. The second kappa shape index (κ2) is 5.62. The molecular formula is C11H10Cl2N2S. The largest absolute Gasteiger partial charge is 0.344 e. The molecule has 84 valence electrons. The third kappa shape index (κ3) is 3.17. The third-order valence-electron chi connectivity index (χ3n) is 2.00. The molecule has 5 heteroatoms. The summed E-state index contributed by atoms with van der Waals surface area (Å²) in [4.78, 5) is 8.52. The van der Waals surface area contributed by atoms with Gasteiger partial charge in [-0.3, -0.25) is 0 Å². The normalized spacial score (nSPS) is 10.6. The molecule has 1 aromatic carbocycles. The summed E-state index contributed by atoms with van der Waals surface area (Å²) in [6, 6.07) is 7.78. The quantitative estimate of drug-likeness (QED) is 0.671. The number of hydrogen-bond donors (Lipinski definition) is 1. The predicted molar refractivity (Wildman–Crippen MR) is 69.2 cm³/mol. The number of H-pyrrole nitrogens is 1. The van der Waals surface area contributed by atoms with Crippen LogP contribution in [0.15, 0.2) is 35.4 Å². The van der Waals surface area contributed by atoms with E-state index >= 15 is 0 Å². The molecular weight excluding hydrogens is 263 g/mol. The molecule has 0 saturated carbocycles. The van der Waals surface area contributed by atoms with E-state index in [0.29, 0.717) is 5.88 Å². The minimum atomic E-state index is 0.467. The lowest BCUT2D eigenvalue weighted by Gasteiger charge is -1.99. The predicted octanol–water partition coefficient (Wildman–Crippen LogP) is 4.09. The van der Waals surface area contributed by atoms with Gasteiger partial charge in [0.05, 0.1) is 11.6 Å². The van der Waals surface area contributed by atoms with Crippen LogP contribution in [0.4, 0.5) is 0 Å². The standard InChI is InChI=1S/C11H10Cl2N2S/c12-5-9-6-14-11(15-9)7-16-10-3-1-2-8(13)4-10/h1-4,6H,5,7H2,(H,14,15). The van der Waals surface area contributed by atoms with Gasteiger partial charge in [0.2, 0.25) is 0 Å². The first-order valence-corrected chi connectivity index (χ1v) is 6.65. The molecule has 16 heavy (non-hydrogen) atoms. The zero-order valence-electron chi connectivity index (χ0n) is 8.41. The number of benzene rings is 1. The van der Waals surface area contributed by atoms with E-state index < -0.39 is 0 Å². The average molecular weight is 273 g/mol. The van der Waals surface area contributed by atoms with E-state index in [-0.39, 0.29) is 0 Å². The van der Waals surface area contributed by atoms with Gasteiger partial charge in [-0.05, 0) is 18.2 Å². The van der Waals surface area contributed by atoms with Crippen molar-refractivity contribution in [2.45, 2.75) is 16.5 Å². The van der Waals surface area contributed by atoms with Crippen molar-refractivity contribution in [2.24, 2.45) is 0 Å². The Morgan fingerprint density at radius 2 is 2.25 bits per heavy atom. The molecule has 0 unspecified atom stereocenters. The third-order valence-corrected chi connectivity index (χ3v) is 3.52. The molecule has 1 heterocycles. The molecule has 0 bridgehead atoms. The Balaban J connectivity index is 1.96. The fourth-order valence-corrected chi connectivity index (χ4v) is 2.48. The first-order chi connectivity index (χ1) is 7.78. The highest BCUT2D eigenvalue weighted by Gasteiger charge is 2.01. The van der Waals surface area contributed by atoms with E-state index in [1.165, 1.54) is 0 Å². The highest BCUT2D eigenvalue weighted by molar-refractivity contribution is 7.98. The summed E-state index contributed by atoms with van der Waals surface area (Å²) in [7, 11) is 0. The van der Waals surface area contributed by atoms with Gasteiger partial charge in [-0.2, -0.15) is 0 Å². The average Bonchev–Trinajstić information content (AvgIpc) is 2.74. The molecule has 1 aromatic heterocycles. The number of nitrogens with one attached hydrogen (secondary N) is 1. The molecule has 0 fully saturated rings. The number of aromatic amines is 1. The Morgan fingerprint density at radius 3 is 2.94 bits per heavy atom. The molecule has 1 N–H and O–H groups in total. The lowest BCUT2D eigenvalue weighted by molar-refractivity contribution is 1.10. The van der Waals surface area contributed by atoms with Crippen molar-refractivity contribution < 1.29 is 0 Å². The summed E-state index contributed by atoms with van der Waals surface area (Å²) in [6.07, 6.45) is 1.76. The number of nitrogens with zero attached hydrogens (tertiary/aromatic N) is 1. The Hall–Kier alpha value is -0.640. The first kappa shape index (κ1) is 11.8. The molecule has 0 atom stereocenters. The van der Waals surface area contributed by atoms with Gasteiger partial charge >= 0.3 is 0 Å². The van der Waals surface area contributed by atoms with Crippen LogP contribution in [0.1, 0.15) is 11.5 Å². The number of rotatable bonds is 4. The van der Waals surface area contributed by atoms with Crippen LogP contribution in [-0.4, -0.2) is 9.97 Å². The van der Waals surface area contributed by atoms with Gasteiger partial charge in [0.15, 0.2) is 0 Å². The van der Waals surface area contributed by atoms with Crippen LogP contribution in [0.3, 0.4) is 0 Å². The SMILES string of the molecule is ClCc1cnc(CSc2cccc(Cl)c2)[nH]1. The van der Waals surface area contributed by atoms with Crippen LogP contribution >= 0.6 is 35.0 Å². The van der Waals surface area contributed by atoms with Crippen molar-refractivity contribution in [3.63, 3.8) is 0 Å². The number of thioether (sulfide) groups is 1. The number of alkyl halides is 1. The minimum Gasteiger partial charge on any atom is -0.344 e. The maximum Gasteiger partial charge on any atom is 0.116 e. The number of aromatic nitrogens is 2. The number of imidazole rings is 1. The summed E-state index contributed by atoms with van der Waals surface area (Å²) >= 11 is 13.3. The van der Waals surface area contributed by atoms with E-state index in [2.05, 4.69) is 9.97 Å². The molecule has 2 rings (SSSR count). The van der Waals surface area contributed by atoms with Crippen molar-refractivity contribution in [1.29, 1.82) is 0 Å². The smallest absolute Gasteiger partial charge is 0.116 e. The Morgan fingerprint density at radius 1 is 1.38 bits per heavy atom. The van der Waals surface area contributed by atoms with Gasteiger partial charge in [0, 0.05) is 21.8 Å². The zero-order chi connectivity index (χ0) is 11.4. The lowest BCUT2D eigenvalue weighted by Crippen LogP contribution is -1.84. The zero-order valence-corrected chi connectivity index (χ0v) is 10.7. The maximum absolute atomic E-state index is 5.90. The van der Waals surface area contributed by atoms with Crippen molar-refractivity contribution in [3.05, 3.63) is 47.0 Å². The Bertz CT molecular complexity index is 471. The summed E-state index contributed by atoms with van der Waals surface area (Å²) in [5.41, 5.74) is 0.948. The topological polar surface area (TPSA) is 28.7 Å². The fraction of sp³-hybridized carbons (Fsp3) is 0.182. The highest BCUT2D eigenvalue weighted by Crippen LogP contribution is 2.24. The molecule has 0 aliphatic heterocycles. The van der Waals surface area contributed by atoms with Gasteiger partial charge in [-0.25, -0.2) is 4.98 Å². The monoisotopic (exact) mass is 272 g/mol. The first-order valence-electron chi connectivity index (χ1n) is 4.75. The van der Waals surface area contributed by atoms with E-state index in [9.17, 15) is 0 Å². The van der Waals surface area contributed by atoms with Crippen LogP contribution in [-0.2, 0) is 11.6 Å². The minimum absolute atomic E-state index is 0.467. The van der Waals surface area contributed by atoms with Crippen LogP contribution in [0.2, 0.25) is 5.02 Å². The molecule has 0 radical (unpaired) electrons. The maximum atomic E-state index is 5.90. The number of halogens is 2. The van der Waals surface area contributed by atoms with Crippen molar-refractivity contribution in [2.75, 3.05) is 0 Å². The van der Waals surface area contributed by atoms with Gasteiger partial charge in [0.1, 0.15) is 5.82 Å².